The average Bonchev–Trinajstić information content (AvgIpc) is 2.90. The highest BCUT2D eigenvalue weighted by molar-refractivity contribution is 7.93. The van der Waals surface area contributed by atoms with Crippen molar-refractivity contribution in [3.05, 3.63) is 54.1 Å². The van der Waals surface area contributed by atoms with Crippen LogP contribution < -0.4 is 14.8 Å². The topological polar surface area (TPSA) is 100 Å². The molecule has 8 nitrogen and oxygen atoms in total. The van der Waals surface area contributed by atoms with Crippen LogP contribution in [0.25, 0.3) is 0 Å². The monoisotopic (exact) mass is 519 g/mol. The molecule has 1 N–H and O–H groups in total. The molecule has 36 heavy (non-hydrogen) atoms. The third-order valence-corrected chi connectivity index (χ3v) is 8.84. The van der Waals surface area contributed by atoms with E-state index in [1.165, 1.54) is 19.2 Å². The third kappa shape index (κ3) is 6.19. The first kappa shape index (κ1) is 28.0. The molecule has 1 fully saturated rings. The maximum absolute atomic E-state index is 14.0. The molecule has 3 unspecified atom stereocenters. The first-order valence-corrected chi connectivity index (χ1v) is 13.9. The van der Waals surface area contributed by atoms with Crippen molar-refractivity contribution in [1.29, 1.82) is 0 Å². The molecule has 0 radical (unpaired) electrons. The zero-order chi connectivity index (χ0) is 26.2. The second-order valence-corrected chi connectivity index (χ2v) is 11.2. The highest BCUT2D eigenvalue weighted by atomic mass is 32.2. The Morgan fingerprint density at radius 2 is 1.78 bits per heavy atom. The first-order chi connectivity index (χ1) is 17.3. The highest BCUT2D eigenvalue weighted by Gasteiger charge is 2.52. The summed E-state index contributed by atoms with van der Waals surface area (Å²) in [5.74, 6) is 0.444. The van der Waals surface area contributed by atoms with Crippen molar-refractivity contribution in [2.45, 2.75) is 61.9 Å². The van der Waals surface area contributed by atoms with Gasteiger partial charge in [0.1, 0.15) is 23.7 Å². The molecule has 0 aliphatic carbocycles. The molecule has 3 atom stereocenters. The molecule has 2 aromatic rings. The van der Waals surface area contributed by atoms with Crippen molar-refractivity contribution in [2.75, 3.05) is 33.4 Å². The molecule has 0 amide bonds. The van der Waals surface area contributed by atoms with Gasteiger partial charge in [-0.1, -0.05) is 25.5 Å². The fourth-order valence-corrected chi connectivity index (χ4v) is 6.50. The van der Waals surface area contributed by atoms with Gasteiger partial charge in [0, 0.05) is 19.5 Å². The Kier molecular flexibility index (Phi) is 9.76. The lowest BCUT2D eigenvalue weighted by atomic mass is 9.94. The van der Waals surface area contributed by atoms with E-state index in [4.69, 9.17) is 18.9 Å². The summed E-state index contributed by atoms with van der Waals surface area (Å²) in [7, 11) is -2.59. The summed E-state index contributed by atoms with van der Waals surface area (Å²) in [6, 6.07) is 13.3. The van der Waals surface area contributed by atoms with Crippen molar-refractivity contribution in [2.24, 2.45) is 0 Å². The Morgan fingerprint density at radius 1 is 1.11 bits per heavy atom. The van der Waals surface area contributed by atoms with Crippen molar-refractivity contribution in [1.82, 2.24) is 5.32 Å². The smallest absolute Gasteiger partial charge is 0.328 e. The number of esters is 1. The van der Waals surface area contributed by atoms with Gasteiger partial charge in [0.05, 0.1) is 25.2 Å². The summed E-state index contributed by atoms with van der Waals surface area (Å²) in [5.41, 5.74) is 0.698. The number of benzene rings is 2. The number of morpholine rings is 1. The number of carbonyl (C=O) groups excluding carboxylic acids is 1. The van der Waals surface area contributed by atoms with Crippen LogP contribution in [0.4, 0.5) is 0 Å². The summed E-state index contributed by atoms with van der Waals surface area (Å²) in [6.07, 6.45) is 0.399. The first-order valence-electron chi connectivity index (χ1n) is 12.4. The van der Waals surface area contributed by atoms with Crippen LogP contribution in [0.2, 0.25) is 0 Å². The van der Waals surface area contributed by atoms with Gasteiger partial charge >= 0.3 is 5.97 Å². The lowest BCUT2D eigenvalue weighted by Crippen LogP contribution is -2.49. The third-order valence-electron chi connectivity index (χ3n) is 6.40. The predicted octanol–water partition coefficient (Wildman–Crippen LogP) is 3.57. The van der Waals surface area contributed by atoms with Crippen LogP contribution in [0.1, 0.15) is 39.2 Å². The van der Waals surface area contributed by atoms with Crippen LogP contribution in [-0.4, -0.2) is 64.8 Å². The molecule has 1 aliphatic rings. The fraction of sp³-hybridized carbons (Fsp3) is 0.519. The number of sulfone groups is 1. The highest BCUT2D eigenvalue weighted by Crippen LogP contribution is 2.36. The molecule has 0 saturated carbocycles. The molecule has 1 saturated heterocycles. The largest absolute Gasteiger partial charge is 0.497 e. The fourth-order valence-electron chi connectivity index (χ4n) is 4.44. The number of methoxy groups -OCH3 is 1. The molecule has 9 heteroatoms. The van der Waals surface area contributed by atoms with E-state index in [9.17, 15) is 13.2 Å². The van der Waals surface area contributed by atoms with Crippen LogP contribution in [0.5, 0.6) is 11.5 Å². The quantitative estimate of drug-likeness (QED) is 0.425. The van der Waals surface area contributed by atoms with E-state index in [0.29, 0.717) is 30.1 Å². The molecule has 0 spiro atoms. The lowest BCUT2D eigenvalue weighted by molar-refractivity contribution is -0.146. The van der Waals surface area contributed by atoms with Gasteiger partial charge in [0.2, 0.25) is 0 Å². The van der Waals surface area contributed by atoms with E-state index in [0.717, 1.165) is 13.1 Å². The Balaban J connectivity index is 1.90. The Hall–Kier alpha value is -2.62. The van der Waals surface area contributed by atoms with E-state index in [1.807, 2.05) is 13.8 Å². The van der Waals surface area contributed by atoms with E-state index in [-0.39, 0.29) is 36.6 Å². The van der Waals surface area contributed by atoms with Crippen LogP contribution >= 0.6 is 0 Å². The van der Waals surface area contributed by atoms with Crippen LogP contribution in [0, 0.1) is 0 Å². The summed E-state index contributed by atoms with van der Waals surface area (Å²) >= 11 is 0. The summed E-state index contributed by atoms with van der Waals surface area (Å²) in [6.45, 7) is 7.78. The van der Waals surface area contributed by atoms with E-state index in [2.05, 4.69) is 5.32 Å². The zero-order valence-electron chi connectivity index (χ0n) is 21.5. The van der Waals surface area contributed by atoms with Crippen LogP contribution in [-0.2, 0) is 30.5 Å². The predicted molar refractivity (Wildman–Crippen MR) is 137 cm³/mol. The number of carbonyl (C=O) groups is 1. The van der Waals surface area contributed by atoms with Crippen molar-refractivity contribution in [3.63, 3.8) is 0 Å². The molecule has 3 rings (SSSR count). The second-order valence-electron chi connectivity index (χ2n) is 8.90. The van der Waals surface area contributed by atoms with E-state index < -0.39 is 20.6 Å². The molecule has 2 aromatic carbocycles. The molecule has 0 bridgehead atoms. The van der Waals surface area contributed by atoms with E-state index >= 15 is 0 Å². The molecule has 1 aliphatic heterocycles. The summed E-state index contributed by atoms with van der Waals surface area (Å²) in [4.78, 5) is 13.4. The van der Waals surface area contributed by atoms with Gasteiger partial charge < -0.3 is 24.3 Å². The van der Waals surface area contributed by atoms with Crippen molar-refractivity contribution < 1.29 is 32.2 Å². The SMILES string of the molecule is CCCC(Cc1ccc(OC(C)C2CNCCO2)cc1)(C(=O)OCC)S(=O)(=O)c1ccc(OC)cc1. The Morgan fingerprint density at radius 3 is 2.33 bits per heavy atom. The summed E-state index contributed by atoms with van der Waals surface area (Å²) < 4.78 is 48.5. The van der Waals surface area contributed by atoms with Crippen LogP contribution in [0.15, 0.2) is 53.4 Å². The maximum Gasteiger partial charge on any atom is 0.328 e. The standard InChI is InChI=1S/C27H37NO7S/c1-5-15-27(26(29)33-6-2,36(30,31)24-13-11-22(32-4)12-14-24)18-21-7-9-23(10-8-21)35-20(3)25-19-28-16-17-34-25/h7-14,20,25,28H,5-6,15-19H2,1-4H3. The van der Waals surface area contributed by atoms with Gasteiger partial charge in [0.25, 0.3) is 0 Å². The molecular formula is C27H37NO7S. The second kappa shape index (κ2) is 12.6. The minimum absolute atomic E-state index is 0.0144. The van der Waals surface area contributed by atoms with Gasteiger partial charge in [-0.05, 0) is 62.2 Å². The minimum atomic E-state index is -4.10. The van der Waals surface area contributed by atoms with Crippen molar-refractivity contribution in [3.8, 4) is 11.5 Å². The van der Waals surface area contributed by atoms with Gasteiger partial charge in [-0.2, -0.15) is 0 Å². The minimum Gasteiger partial charge on any atom is -0.497 e. The van der Waals surface area contributed by atoms with Crippen LogP contribution in [0.3, 0.4) is 0 Å². The van der Waals surface area contributed by atoms with Gasteiger partial charge in [-0.3, -0.25) is 4.79 Å². The van der Waals surface area contributed by atoms with Gasteiger partial charge in [0.15, 0.2) is 14.6 Å². The number of nitrogens with one attached hydrogen (secondary N) is 1. The number of hydrogen-bond donors (Lipinski definition) is 1. The maximum atomic E-state index is 14.0. The number of ether oxygens (including phenoxy) is 4. The molecule has 1 heterocycles. The molecule has 0 aromatic heterocycles. The van der Waals surface area contributed by atoms with Gasteiger partial charge in [-0.25, -0.2) is 8.42 Å². The Labute approximate surface area is 214 Å². The number of rotatable bonds is 12. The van der Waals surface area contributed by atoms with E-state index in [1.54, 1.807) is 43.3 Å². The Bertz CT molecular complexity index is 1080. The lowest BCUT2D eigenvalue weighted by Gasteiger charge is -2.31. The normalized spacial score (nSPS) is 18.6. The average molecular weight is 520 g/mol. The zero-order valence-corrected chi connectivity index (χ0v) is 22.3. The van der Waals surface area contributed by atoms with Gasteiger partial charge in [-0.15, -0.1) is 0 Å². The summed E-state index contributed by atoms with van der Waals surface area (Å²) in [5, 5.41) is 3.29. The molecule has 198 valence electrons. The molecular weight excluding hydrogens is 482 g/mol. The number of hydrogen-bond acceptors (Lipinski definition) is 8. The van der Waals surface area contributed by atoms with Crippen molar-refractivity contribution >= 4 is 15.8 Å².